The lowest BCUT2D eigenvalue weighted by molar-refractivity contribution is -0.00211. The molecule has 4 atom stereocenters. The highest BCUT2D eigenvalue weighted by Gasteiger charge is 2.55. The van der Waals surface area contributed by atoms with Gasteiger partial charge in [-0.25, -0.2) is 0 Å². The number of hydrogen-bond donors (Lipinski definition) is 0. The molecule has 1 saturated heterocycles. The molecule has 3 fully saturated rings. The molecule has 0 N–H and O–H groups in total. The fourth-order valence-corrected chi connectivity index (χ4v) is 4.08. The summed E-state index contributed by atoms with van der Waals surface area (Å²) in [5, 5.41) is 0. The lowest BCUT2D eigenvalue weighted by Crippen LogP contribution is -2.44. The van der Waals surface area contributed by atoms with Crippen molar-refractivity contribution in [3.8, 4) is 0 Å². The fourth-order valence-electron chi connectivity index (χ4n) is 4.08. The van der Waals surface area contributed by atoms with Gasteiger partial charge in [-0.15, -0.1) is 0 Å². The summed E-state index contributed by atoms with van der Waals surface area (Å²) in [5.74, 6) is 1.68. The van der Waals surface area contributed by atoms with E-state index in [2.05, 4.69) is 27.4 Å². The Bertz CT molecular complexity index is 330. The molecule has 1 aliphatic heterocycles. The molecule has 16 heavy (non-hydrogen) atoms. The zero-order valence-corrected chi connectivity index (χ0v) is 10.9. The first-order chi connectivity index (χ1) is 7.42. The Morgan fingerprint density at radius 2 is 2.00 bits per heavy atom. The topological polar surface area (TPSA) is 12.5 Å². The average Bonchev–Trinajstić information content (AvgIpc) is 2.82. The average molecular weight is 220 g/mol. The van der Waals surface area contributed by atoms with Crippen LogP contribution in [0.4, 0.5) is 0 Å². The maximum atomic E-state index is 5.86. The highest BCUT2D eigenvalue weighted by molar-refractivity contribution is 5.16. The van der Waals surface area contributed by atoms with Gasteiger partial charge in [0, 0.05) is 0 Å². The molecule has 1 heterocycles. The number of ether oxygens (including phenoxy) is 1. The van der Waals surface area contributed by atoms with E-state index in [1.807, 2.05) is 0 Å². The van der Waals surface area contributed by atoms with Gasteiger partial charge in [-0.05, 0) is 56.3 Å². The van der Waals surface area contributed by atoms with E-state index in [1.54, 1.807) is 0 Å². The van der Waals surface area contributed by atoms with Gasteiger partial charge in [0.1, 0.15) is 0 Å². The number of hydrogen-bond acceptors (Lipinski definition) is 1. The van der Waals surface area contributed by atoms with Gasteiger partial charge in [0.05, 0.1) is 11.7 Å². The van der Waals surface area contributed by atoms with Crippen molar-refractivity contribution in [2.75, 3.05) is 0 Å². The summed E-state index contributed by atoms with van der Waals surface area (Å²) in [7, 11) is 0. The Morgan fingerprint density at radius 1 is 1.25 bits per heavy atom. The summed E-state index contributed by atoms with van der Waals surface area (Å²) < 4.78 is 5.86. The standard InChI is InChI=1S/C15H24O/c1-10-5-6-13-15(4,16-13)8-7-12-11(10)9-14(12,2)3/h11-13H,1,5-9H2,2-4H3/t11-,12-,13-,15-/m0/s1. The molecular weight excluding hydrogens is 196 g/mol. The van der Waals surface area contributed by atoms with E-state index in [0.29, 0.717) is 11.5 Å². The van der Waals surface area contributed by atoms with Crippen LogP contribution in [-0.2, 0) is 4.74 Å². The van der Waals surface area contributed by atoms with Crippen molar-refractivity contribution in [2.24, 2.45) is 17.3 Å². The van der Waals surface area contributed by atoms with Crippen LogP contribution >= 0.6 is 0 Å². The maximum absolute atomic E-state index is 5.86. The molecular formula is C15H24O. The van der Waals surface area contributed by atoms with Gasteiger partial charge in [-0.2, -0.15) is 0 Å². The number of epoxide rings is 1. The normalized spacial score (nSPS) is 50.2. The van der Waals surface area contributed by atoms with Crippen LogP contribution in [0.5, 0.6) is 0 Å². The van der Waals surface area contributed by atoms with Gasteiger partial charge in [0.15, 0.2) is 0 Å². The minimum atomic E-state index is 0.223. The van der Waals surface area contributed by atoms with Crippen LogP contribution in [0.2, 0.25) is 0 Å². The van der Waals surface area contributed by atoms with Crippen LogP contribution in [0.25, 0.3) is 0 Å². The Hall–Kier alpha value is -0.300. The molecule has 2 saturated carbocycles. The van der Waals surface area contributed by atoms with Crippen LogP contribution in [0.15, 0.2) is 12.2 Å². The van der Waals surface area contributed by atoms with Gasteiger partial charge in [-0.3, -0.25) is 0 Å². The van der Waals surface area contributed by atoms with E-state index in [0.717, 1.165) is 11.8 Å². The van der Waals surface area contributed by atoms with Gasteiger partial charge < -0.3 is 4.74 Å². The van der Waals surface area contributed by atoms with Crippen LogP contribution in [0, 0.1) is 17.3 Å². The molecule has 0 aromatic carbocycles. The molecule has 3 rings (SSSR count). The van der Waals surface area contributed by atoms with Gasteiger partial charge in [-0.1, -0.05) is 26.0 Å². The quantitative estimate of drug-likeness (QED) is 0.445. The smallest absolute Gasteiger partial charge is 0.0920 e. The third kappa shape index (κ3) is 1.48. The molecule has 3 aliphatic rings. The van der Waals surface area contributed by atoms with Crippen molar-refractivity contribution in [1.82, 2.24) is 0 Å². The predicted octanol–water partition coefficient (Wildman–Crippen LogP) is 3.94. The zero-order chi connectivity index (χ0) is 11.6. The minimum absolute atomic E-state index is 0.223. The summed E-state index contributed by atoms with van der Waals surface area (Å²) in [6.45, 7) is 11.5. The SMILES string of the molecule is C=C1CC[C@@H]2O[C@@]2(C)CC[C@H]2[C@H]1CC2(C)C. The van der Waals surface area contributed by atoms with Gasteiger partial charge >= 0.3 is 0 Å². The van der Waals surface area contributed by atoms with Gasteiger partial charge in [0.25, 0.3) is 0 Å². The predicted molar refractivity (Wildman–Crippen MR) is 66.3 cm³/mol. The van der Waals surface area contributed by atoms with Crippen LogP contribution < -0.4 is 0 Å². The van der Waals surface area contributed by atoms with Crippen LogP contribution in [0.3, 0.4) is 0 Å². The molecule has 0 amide bonds. The summed E-state index contributed by atoms with van der Waals surface area (Å²) in [5.41, 5.74) is 2.27. The van der Waals surface area contributed by atoms with Crippen molar-refractivity contribution < 1.29 is 4.74 Å². The molecule has 0 spiro atoms. The largest absolute Gasteiger partial charge is 0.366 e. The van der Waals surface area contributed by atoms with E-state index in [-0.39, 0.29) is 5.60 Å². The second-order valence-electron chi connectivity index (χ2n) is 7.06. The van der Waals surface area contributed by atoms with E-state index < -0.39 is 0 Å². The third-order valence-electron chi connectivity index (χ3n) is 5.47. The second-order valence-corrected chi connectivity index (χ2v) is 7.06. The highest BCUT2D eigenvalue weighted by atomic mass is 16.6. The highest BCUT2D eigenvalue weighted by Crippen LogP contribution is 2.59. The van der Waals surface area contributed by atoms with Crippen molar-refractivity contribution in [1.29, 1.82) is 0 Å². The summed E-state index contributed by atoms with van der Waals surface area (Å²) in [4.78, 5) is 0. The molecule has 0 bridgehead atoms. The second kappa shape index (κ2) is 3.13. The number of fused-ring (bicyclic) bond motifs is 2. The molecule has 0 aromatic heterocycles. The van der Waals surface area contributed by atoms with E-state index >= 15 is 0 Å². The lowest BCUT2D eigenvalue weighted by atomic mass is 9.52. The van der Waals surface area contributed by atoms with Crippen molar-refractivity contribution in [2.45, 2.75) is 64.6 Å². The van der Waals surface area contributed by atoms with Gasteiger partial charge in [0.2, 0.25) is 0 Å². The monoisotopic (exact) mass is 220 g/mol. The van der Waals surface area contributed by atoms with Crippen molar-refractivity contribution in [3.63, 3.8) is 0 Å². The first-order valence-corrected chi connectivity index (χ1v) is 6.78. The van der Waals surface area contributed by atoms with Crippen molar-refractivity contribution >= 4 is 0 Å². The number of rotatable bonds is 0. The Labute approximate surface area is 99.3 Å². The Balaban J connectivity index is 1.78. The molecule has 0 aromatic rings. The summed E-state index contributed by atoms with van der Waals surface area (Å²) in [6, 6.07) is 0. The third-order valence-corrected chi connectivity index (χ3v) is 5.47. The summed E-state index contributed by atoms with van der Waals surface area (Å²) >= 11 is 0. The van der Waals surface area contributed by atoms with Crippen LogP contribution in [-0.4, -0.2) is 11.7 Å². The van der Waals surface area contributed by atoms with E-state index in [9.17, 15) is 0 Å². The molecule has 1 nitrogen and oxygen atoms in total. The van der Waals surface area contributed by atoms with Crippen LogP contribution in [0.1, 0.15) is 52.9 Å². The first kappa shape index (κ1) is 10.8. The fraction of sp³-hybridized carbons (Fsp3) is 0.867. The number of allylic oxidation sites excluding steroid dienone is 1. The summed E-state index contributed by atoms with van der Waals surface area (Å²) in [6.07, 6.45) is 6.89. The molecule has 0 radical (unpaired) electrons. The molecule has 2 aliphatic carbocycles. The zero-order valence-electron chi connectivity index (χ0n) is 10.9. The Morgan fingerprint density at radius 3 is 2.69 bits per heavy atom. The first-order valence-electron chi connectivity index (χ1n) is 6.78. The lowest BCUT2D eigenvalue weighted by Gasteiger charge is -2.53. The van der Waals surface area contributed by atoms with E-state index in [4.69, 9.17) is 4.74 Å². The van der Waals surface area contributed by atoms with Crippen molar-refractivity contribution in [3.05, 3.63) is 12.2 Å². The molecule has 90 valence electrons. The molecule has 1 heteroatoms. The Kier molecular flexibility index (Phi) is 2.12. The minimum Gasteiger partial charge on any atom is -0.366 e. The molecule has 0 unspecified atom stereocenters. The van der Waals surface area contributed by atoms with E-state index in [1.165, 1.54) is 37.7 Å². The maximum Gasteiger partial charge on any atom is 0.0920 e.